The van der Waals surface area contributed by atoms with E-state index in [1.807, 2.05) is 35.8 Å². The lowest BCUT2D eigenvalue weighted by Crippen LogP contribution is -2.12. The zero-order valence-corrected chi connectivity index (χ0v) is 15.0. The summed E-state index contributed by atoms with van der Waals surface area (Å²) in [6.45, 7) is 2.36. The Morgan fingerprint density at radius 3 is 2.30 bits per heavy atom. The van der Waals surface area contributed by atoms with Gasteiger partial charge in [-0.15, -0.1) is 0 Å². The molecule has 0 unspecified atom stereocenters. The van der Waals surface area contributed by atoms with Gasteiger partial charge < -0.3 is 15.0 Å². The van der Waals surface area contributed by atoms with Crippen molar-refractivity contribution in [2.45, 2.75) is 13.5 Å². The van der Waals surface area contributed by atoms with E-state index in [9.17, 15) is 14.9 Å². The zero-order valence-electron chi connectivity index (χ0n) is 15.0. The summed E-state index contributed by atoms with van der Waals surface area (Å²) in [6.07, 6.45) is 0. The number of methoxy groups -OCH3 is 1. The van der Waals surface area contributed by atoms with Crippen LogP contribution in [0.3, 0.4) is 0 Å². The van der Waals surface area contributed by atoms with Gasteiger partial charge >= 0.3 is 0 Å². The quantitative estimate of drug-likeness (QED) is 0.533. The van der Waals surface area contributed by atoms with E-state index >= 15 is 0 Å². The van der Waals surface area contributed by atoms with Gasteiger partial charge in [-0.05, 0) is 48.4 Å². The first-order valence-corrected chi connectivity index (χ1v) is 8.28. The Labute approximate surface area is 156 Å². The van der Waals surface area contributed by atoms with E-state index < -0.39 is 10.8 Å². The highest BCUT2D eigenvalue weighted by Gasteiger charge is 2.17. The summed E-state index contributed by atoms with van der Waals surface area (Å²) < 4.78 is 7.15. The number of non-ortho nitro benzene ring substituents is 1. The van der Waals surface area contributed by atoms with Crippen molar-refractivity contribution < 1.29 is 14.5 Å². The number of aromatic nitrogens is 1. The average molecular weight is 365 g/mol. The zero-order chi connectivity index (χ0) is 19.6. The smallest absolute Gasteiger partial charge is 0.269 e. The van der Waals surface area contributed by atoms with Crippen molar-refractivity contribution >= 4 is 11.6 Å². The van der Waals surface area contributed by atoms with Crippen LogP contribution in [-0.2, 0) is 6.54 Å². The summed E-state index contributed by atoms with van der Waals surface area (Å²) >= 11 is 0. The number of nitro benzene ring substituents is 1. The standard InChI is InChI=1S/C20H19N3O4/c1-13-18(20(21)24)11-19(15-5-7-16(8-6-15)23(25)26)22(13)12-14-3-9-17(27-2)10-4-14/h3-11H,12H2,1-2H3,(H2,21,24). The van der Waals surface area contributed by atoms with Crippen LogP contribution < -0.4 is 10.5 Å². The van der Waals surface area contributed by atoms with Gasteiger partial charge in [-0.1, -0.05) is 12.1 Å². The van der Waals surface area contributed by atoms with E-state index in [0.717, 1.165) is 28.3 Å². The van der Waals surface area contributed by atoms with E-state index in [2.05, 4.69) is 0 Å². The maximum atomic E-state index is 11.8. The van der Waals surface area contributed by atoms with Crippen LogP contribution in [0.5, 0.6) is 5.75 Å². The normalized spacial score (nSPS) is 10.6. The van der Waals surface area contributed by atoms with Crippen LogP contribution >= 0.6 is 0 Å². The molecule has 27 heavy (non-hydrogen) atoms. The molecule has 2 aromatic carbocycles. The molecule has 0 saturated carbocycles. The molecule has 0 saturated heterocycles. The molecule has 3 aromatic rings. The molecule has 0 atom stereocenters. The fourth-order valence-electron chi connectivity index (χ4n) is 3.00. The summed E-state index contributed by atoms with van der Waals surface area (Å²) in [4.78, 5) is 22.2. The molecule has 0 aliphatic rings. The summed E-state index contributed by atoms with van der Waals surface area (Å²) in [6, 6.07) is 15.6. The van der Waals surface area contributed by atoms with Crippen LogP contribution in [-0.4, -0.2) is 22.5 Å². The Bertz CT molecular complexity index is 989. The first-order chi connectivity index (χ1) is 12.9. The lowest BCUT2D eigenvalue weighted by Gasteiger charge is -2.13. The van der Waals surface area contributed by atoms with E-state index in [4.69, 9.17) is 10.5 Å². The summed E-state index contributed by atoms with van der Waals surface area (Å²) in [7, 11) is 1.61. The molecule has 0 spiro atoms. The number of nitrogens with two attached hydrogens (primary N) is 1. The second kappa shape index (κ2) is 7.33. The summed E-state index contributed by atoms with van der Waals surface area (Å²) in [5.74, 6) is 0.250. The van der Waals surface area contributed by atoms with E-state index in [1.54, 1.807) is 25.3 Å². The van der Waals surface area contributed by atoms with E-state index in [0.29, 0.717) is 12.1 Å². The predicted molar refractivity (Wildman–Crippen MR) is 102 cm³/mol. The molecule has 0 fully saturated rings. The lowest BCUT2D eigenvalue weighted by molar-refractivity contribution is -0.384. The van der Waals surface area contributed by atoms with Gasteiger partial charge in [0, 0.05) is 30.1 Å². The van der Waals surface area contributed by atoms with Crippen LogP contribution in [0.4, 0.5) is 5.69 Å². The molecule has 0 bridgehead atoms. The van der Waals surface area contributed by atoms with Crippen LogP contribution in [0.15, 0.2) is 54.6 Å². The number of nitrogens with zero attached hydrogens (tertiary/aromatic N) is 2. The number of primary amides is 1. The molecule has 2 N–H and O–H groups in total. The summed E-state index contributed by atoms with van der Waals surface area (Å²) in [5, 5.41) is 10.9. The topological polar surface area (TPSA) is 100 Å². The van der Waals surface area contributed by atoms with Crippen molar-refractivity contribution in [3.8, 4) is 17.0 Å². The molecule has 0 aliphatic carbocycles. The van der Waals surface area contributed by atoms with Crippen LogP contribution in [0.1, 0.15) is 21.6 Å². The van der Waals surface area contributed by atoms with Gasteiger partial charge in [-0.2, -0.15) is 0 Å². The third-order valence-corrected chi connectivity index (χ3v) is 4.51. The van der Waals surface area contributed by atoms with Gasteiger partial charge in [0.15, 0.2) is 0 Å². The molecule has 1 heterocycles. The van der Waals surface area contributed by atoms with Gasteiger partial charge in [-0.3, -0.25) is 14.9 Å². The number of carbonyl (C=O) groups excluding carboxylic acids is 1. The second-order valence-electron chi connectivity index (χ2n) is 6.13. The molecule has 0 radical (unpaired) electrons. The van der Waals surface area contributed by atoms with Gasteiger partial charge in [-0.25, -0.2) is 0 Å². The van der Waals surface area contributed by atoms with Crippen molar-refractivity contribution in [2.75, 3.05) is 7.11 Å². The molecular weight excluding hydrogens is 346 g/mol. The van der Waals surface area contributed by atoms with Crippen LogP contribution in [0.25, 0.3) is 11.3 Å². The maximum absolute atomic E-state index is 11.8. The minimum Gasteiger partial charge on any atom is -0.497 e. The maximum Gasteiger partial charge on any atom is 0.269 e. The molecule has 1 amide bonds. The van der Waals surface area contributed by atoms with Crippen molar-refractivity contribution in [2.24, 2.45) is 5.73 Å². The van der Waals surface area contributed by atoms with Gasteiger partial charge in [0.1, 0.15) is 5.75 Å². The number of carbonyl (C=O) groups is 1. The average Bonchev–Trinajstić information content (AvgIpc) is 2.99. The van der Waals surface area contributed by atoms with Gasteiger partial charge in [0.2, 0.25) is 0 Å². The number of hydrogen-bond donors (Lipinski definition) is 1. The molecule has 3 rings (SSSR count). The largest absolute Gasteiger partial charge is 0.497 e. The molecule has 138 valence electrons. The van der Waals surface area contributed by atoms with Gasteiger partial charge in [0.25, 0.3) is 11.6 Å². The minimum absolute atomic E-state index is 0.0128. The van der Waals surface area contributed by atoms with E-state index in [-0.39, 0.29) is 5.69 Å². The Morgan fingerprint density at radius 2 is 1.78 bits per heavy atom. The first-order valence-electron chi connectivity index (χ1n) is 8.28. The third-order valence-electron chi connectivity index (χ3n) is 4.51. The molecule has 7 nitrogen and oxygen atoms in total. The number of nitro groups is 1. The monoisotopic (exact) mass is 365 g/mol. The minimum atomic E-state index is -0.510. The molecule has 0 aliphatic heterocycles. The van der Waals surface area contributed by atoms with Crippen molar-refractivity contribution in [3.63, 3.8) is 0 Å². The highest BCUT2D eigenvalue weighted by Crippen LogP contribution is 2.28. The van der Waals surface area contributed by atoms with Crippen molar-refractivity contribution in [3.05, 3.63) is 81.5 Å². The number of benzene rings is 2. The number of ether oxygens (including phenoxy) is 1. The Hall–Kier alpha value is -3.61. The number of hydrogen-bond acceptors (Lipinski definition) is 4. The SMILES string of the molecule is COc1ccc(Cn2c(-c3ccc([N+](=O)[O-])cc3)cc(C(N)=O)c2C)cc1. The Morgan fingerprint density at radius 1 is 1.15 bits per heavy atom. The number of amides is 1. The highest BCUT2D eigenvalue weighted by atomic mass is 16.6. The van der Waals surface area contributed by atoms with Crippen LogP contribution in [0.2, 0.25) is 0 Å². The second-order valence-corrected chi connectivity index (χ2v) is 6.13. The fourth-order valence-corrected chi connectivity index (χ4v) is 3.00. The fraction of sp³-hybridized carbons (Fsp3) is 0.150. The highest BCUT2D eigenvalue weighted by molar-refractivity contribution is 5.95. The lowest BCUT2D eigenvalue weighted by atomic mass is 10.1. The Kier molecular flexibility index (Phi) is 4.94. The number of rotatable bonds is 6. The third kappa shape index (κ3) is 3.67. The molecule has 1 aromatic heterocycles. The molecule has 7 heteroatoms. The Balaban J connectivity index is 2.05. The predicted octanol–water partition coefficient (Wildman–Crippen LogP) is 3.53. The van der Waals surface area contributed by atoms with Crippen LogP contribution in [0, 0.1) is 17.0 Å². The van der Waals surface area contributed by atoms with Gasteiger partial charge in [0.05, 0.1) is 17.6 Å². The first kappa shape index (κ1) is 18.2. The molecular formula is C20H19N3O4. The summed E-state index contributed by atoms with van der Waals surface area (Å²) in [5.41, 5.74) is 9.26. The van der Waals surface area contributed by atoms with Crippen molar-refractivity contribution in [1.82, 2.24) is 4.57 Å². The van der Waals surface area contributed by atoms with Crippen molar-refractivity contribution in [1.29, 1.82) is 0 Å². The van der Waals surface area contributed by atoms with E-state index in [1.165, 1.54) is 12.1 Å².